The zero-order chi connectivity index (χ0) is 14.5. The molecule has 2 unspecified atom stereocenters. The Hall–Kier alpha value is -1.42. The second-order valence-corrected chi connectivity index (χ2v) is 5.27. The maximum Gasteiger partial charge on any atom is 0.259 e. The smallest absolute Gasteiger partial charge is 0.259 e. The molecule has 1 aliphatic carbocycles. The zero-order valence-electron chi connectivity index (χ0n) is 11.8. The lowest BCUT2D eigenvalue weighted by Crippen LogP contribution is -2.38. The fourth-order valence-corrected chi connectivity index (χ4v) is 3.10. The molecule has 0 aromatic heterocycles. The first-order valence-electron chi connectivity index (χ1n) is 6.79. The normalized spacial score (nSPS) is 21.6. The molecule has 1 N–H and O–H groups in total. The number of rotatable bonds is 5. The number of alkyl halides is 1. The van der Waals surface area contributed by atoms with Gasteiger partial charge in [-0.05, 0) is 30.9 Å². The minimum Gasteiger partial charge on any atom is -0.496 e. The zero-order valence-corrected chi connectivity index (χ0v) is 12.6. The van der Waals surface area contributed by atoms with E-state index in [2.05, 4.69) is 5.32 Å². The van der Waals surface area contributed by atoms with Gasteiger partial charge >= 0.3 is 0 Å². The van der Waals surface area contributed by atoms with E-state index >= 15 is 0 Å². The van der Waals surface area contributed by atoms with Crippen molar-refractivity contribution in [2.45, 2.75) is 25.3 Å². The minimum atomic E-state index is -0.165. The molecule has 110 valence electrons. The molecule has 20 heavy (non-hydrogen) atoms. The van der Waals surface area contributed by atoms with Gasteiger partial charge in [-0.1, -0.05) is 12.5 Å². The van der Waals surface area contributed by atoms with Crippen LogP contribution in [0.1, 0.15) is 29.6 Å². The van der Waals surface area contributed by atoms with Crippen molar-refractivity contribution in [2.24, 2.45) is 5.92 Å². The number of methoxy groups -OCH3 is 2. The van der Waals surface area contributed by atoms with Gasteiger partial charge in [0.25, 0.3) is 5.91 Å². The molecule has 1 aromatic carbocycles. The van der Waals surface area contributed by atoms with Crippen LogP contribution in [-0.2, 0) is 0 Å². The van der Waals surface area contributed by atoms with Crippen LogP contribution in [0.15, 0.2) is 18.2 Å². The molecular weight excluding hydrogens is 278 g/mol. The van der Waals surface area contributed by atoms with Crippen molar-refractivity contribution in [2.75, 3.05) is 20.1 Å². The first-order valence-corrected chi connectivity index (χ1v) is 7.32. The molecule has 5 heteroatoms. The van der Waals surface area contributed by atoms with E-state index in [9.17, 15) is 4.79 Å². The highest BCUT2D eigenvalue weighted by Crippen LogP contribution is 2.30. The van der Waals surface area contributed by atoms with Crippen LogP contribution in [0, 0.1) is 5.92 Å². The maximum atomic E-state index is 12.5. The average Bonchev–Trinajstić information content (AvgIpc) is 2.93. The predicted octanol–water partition coefficient (Wildman–Crippen LogP) is 2.84. The molecule has 4 nitrogen and oxygen atoms in total. The Bertz CT molecular complexity index is 456. The lowest BCUT2D eigenvalue weighted by atomic mass is 10.1. The second kappa shape index (κ2) is 6.84. The summed E-state index contributed by atoms with van der Waals surface area (Å²) >= 11 is 5.95. The second-order valence-electron chi connectivity index (χ2n) is 4.96. The van der Waals surface area contributed by atoms with E-state index < -0.39 is 0 Å². The topological polar surface area (TPSA) is 47.6 Å². The first-order chi connectivity index (χ1) is 9.71. The summed E-state index contributed by atoms with van der Waals surface area (Å²) in [6.07, 6.45) is 3.14. The van der Waals surface area contributed by atoms with Gasteiger partial charge < -0.3 is 14.8 Å². The van der Waals surface area contributed by atoms with Crippen LogP contribution in [0.4, 0.5) is 0 Å². The van der Waals surface area contributed by atoms with Gasteiger partial charge in [-0.15, -0.1) is 11.6 Å². The summed E-state index contributed by atoms with van der Waals surface area (Å²) in [4.78, 5) is 12.5. The molecule has 1 amide bonds. The summed E-state index contributed by atoms with van der Waals surface area (Å²) in [6.45, 7) is 0. The largest absolute Gasteiger partial charge is 0.496 e. The molecular formula is C15H20ClNO3. The fourth-order valence-electron chi connectivity index (χ4n) is 2.73. The SMILES string of the molecule is COc1cccc(OC)c1C(=O)NC1CCCC1CCl. The Balaban J connectivity index is 2.20. The lowest BCUT2D eigenvalue weighted by molar-refractivity contribution is 0.0923. The molecule has 0 aliphatic heterocycles. The summed E-state index contributed by atoms with van der Waals surface area (Å²) in [6, 6.07) is 5.44. The summed E-state index contributed by atoms with van der Waals surface area (Å²) in [7, 11) is 3.09. The van der Waals surface area contributed by atoms with E-state index in [0.29, 0.717) is 28.9 Å². The third-order valence-electron chi connectivity index (χ3n) is 3.83. The summed E-state index contributed by atoms with van der Waals surface area (Å²) < 4.78 is 10.5. The van der Waals surface area contributed by atoms with Crippen molar-refractivity contribution in [1.82, 2.24) is 5.32 Å². The molecule has 1 aromatic rings. The van der Waals surface area contributed by atoms with Crippen LogP contribution in [-0.4, -0.2) is 32.0 Å². The highest BCUT2D eigenvalue weighted by Gasteiger charge is 2.29. The Morgan fingerprint density at radius 3 is 2.50 bits per heavy atom. The Labute approximate surface area is 124 Å². The van der Waals surface area contributed by atoms with Crippen molar-refractivity contribution in [3.05, 3.63) is 23.8 Å². The number of hydrogen-bond acceptors (Lipinski definition) is 3. The highest BCUT2D eigenvalue weighted by atomic mass is 35.5. The van der Waals surface area contributed by atoms with E-state index in [1.165, 1.54) is 0 Å². The van der Waals surface area contributed by atoms with Gasteiger partial charge in [-0.3, -0.25) is 4.79 Å². The van der Waals surface area contributed by atoms with Gasteiger partial charge in [0.2, 0.25) is 0 Å². The van der Waals surface area contributed by atoms with Crippen molar-refractivity contribution in [1.29, 1.82) is 0 Å². The monoisotopic (exact) mass is 297 g/mol. The van der Waals surface area contributed by atoms with Gasteiger partial charge in [0.15, 0.2) is 0 Å². The number of carbonyl (C=O) groups is 1. The van der Waals surface area contributed by atoms with Gasteiger partial charge in [0, 0.05) is 11.9 Å². The van der Waals surface area contributed by atoms with E-state index in [4.69, 9.17) is 21.1 Å². The summed E-state index contributed by atoms with van der Waals surface area (Å²) in [5.41, 5.74) is 0.442. The van der Waals surface area contributed by atoms with Crippen molar-refractivity contribution in [3.63, 3.8) is 0 Å². The quantitative estimate of drug-likeness (QED) is 0.850. The minimum absolute atomic E-state index is 0.134. The van der Waals surface area contributed by atoms with Gasteiger partial charge in [0.05, 0.1) is 14.2 Å². The molecule has 1 fully saturated rings. The molecule has 1 aliphatic rings. The number of benzene rings is 1. The molecule has 0 bridgehead atoms. The fraction of sp³-hybridized carbons (Fsp3) is 0.533. The summed E-state index contributed by atoms with van der Waals surface area (Å²) in [5.74, 6) is 1.79. The molecule has 2 atom stereocenters. The molecule has 0 saturated heterocycles. The number of halogens is 1. The number of carbonyl (C=O) groups excluding carboxylic acids is 1. The predicted molar refractivity (Wildman–Crippen MR) is 78.9 cm³/mol. The van der Waals surface area contributed by atoms with Crippen molar-refractivity contribution >= 4 is 17.5 Å². The van der Waals surface area contributed by atoms with Crippen molar-refractivity contribution in [3.8, 4) is 11.5 Å². The van der Waals surface area contributed by atoms with Gasteiger partial charge in [-0.2, -0.15) is 0 Å². The van der Waals surface area contributed by atoms with E-state index in [0.717, 1.165) is 19.3 Å². The van der Waals surface area contributed by atoms with E-state index in [-0.39, 0.29) is 11.9 Å². The average molecular weight is 298 g/mol. The lowest BCUT2D eigenvalue weighted by Gasteiger charge is -2.20. The summed E-state index contributed by atoms with van der Waals surface area (Å²) in [5, 5.41) is 3.06. The number of hydrogen-bond donors (Lipinski definition) is 1. The third kappa shape index (κ3) is 3.01. The van der Waals surface area contributed by atoms with Gasteiger partial charge in [0.1, 0.15) is 17.1 Å². The molecule has 0 heterocycles. The van der Waals surface area contributed by atoms with Crippen LogP contribution >= 0.6 is 11.6 Å². The van der Waals surface area contributed by atoms with Crippen LogP contribution in [0.5, 0.6) is 11.5 Å². The van der Waals surface area contributed by atoms with Crippen molar-refractivity contribution < 1.29 is 14.3 Å². The maximum absolute atomic E-state index is 12.5. The highest BCUT2D eigenvalue weighted by molar-refractivity contribution is 6.18. The molecule has 0 radical (unpaired) electrons. The third-order valence-corrected chi connectivity index (χ3v) is 4.23. The van der Waals surface area contributed by atoms with Gasteiger partial charge in [-0.25, -0.2) is 0 Å². The Morgan fingerprint density at radius 1 is 1.30 bits per heavy atom. The number of amides is 1. The van der Waals surface area contributed by atoms with Crippen LogP contribution in [0.3, 0.4) is 0 Å². The van der Waals surface area contributed by atoms with E-state index in [1.54, 1.807) is 32.4 Å². The Kier molecular flexibility index (Phi) is 5.12. The molecule has 0 spiro atoms. The van der Waals surface area contributed by atoms with E-state index in [1.807, 2.05) is 0 Å². The molecule has 1 saturated carbocycles. The first kappa shape index (κ1) is 15.0. The van der Waals surface area contributed by atoms with Crippen LogP contribution in [0.2, 0.25) is 0 Å². The number of nitrogens with one attached hydrogen (secondary N) is 1. The molecule has 2 rings (SSSR count). The van der Waals surface area contributed by atoms with Crippen LogP contribution in [0.25, 0.3) is 0 Å². The standard InChI is InChI=1S/C15H20ClNO3/c1-19-12-7-4-8-13(20-2)14(12)15(18)17-11-6-3-5-10(11)9-16/h4,7-8,10-11H,3,5-6,9H2,1-2H3,(H,17,18). The number of ether oxygens (including phenoxy) is 2. The van der Waals surface area contributed by atoms with Crippen LogP contribution < -0.4 is 14.8 Å². The Morgan fingerprint density at radius 2 is 1.95 bits per heavy atom.